The summed E-state index contributed by atoms with van der Waals surface area (Å²) in [4.78, 5) is 16.3. The Bertz CT molecular complexity index is 795. The van der Waals surface area contributed by atoms with Crippen molar-refractivity contribution in [2.24, 2.45) is 0 Å². The number of aromatic nitrogens is 3. The van der Waals surface area contributed by atoms with E-state index in [1.807, 2.05) is 31.2 Å². The first kappa shape index (κ1) is 13.6. The van der Waals surface area contributed by atoms with Crippen molar-refractivity contribution in [3.63, 3.8) is 0 Å². The molecule has 21 heavy (non-hydrogen) atoms. The van der Waals surface area contributed by atoms with Crippen molar-refractivity contribution in [1.82, 2.24) is 14.6 Å². The highest BCUT2D eigenvalue weighted by atomic mass is 35.5. The van der Waals surface area contributed by atoms with E-state index in [-0.39, 0.29) is 5.91 Å². The molecule has 0 radical (unpaired) electrons. The van der Waals surface area contributed by atoms with Gasteiger partial charge in [0, 0.05) is 5.02 Å². The fraction of sp³-hybridized carbons (Fsp3) is 0.133. The van der Waals surface area contributed by atoms with Crippen LogP contribution in [0, 0.1) is 6.92 Å². The Labute approximate surface area is 126 Å². The molecule has 0 saturated carbocycles. The molecule has 106 valence electrons. The molecule has 2 heterocycles. The molecule has 0 fully saturated rings. The van der Waals surface area contributed by atoms with E-state index in [0.29, 0.717) is 23.0 Å². The molecule has 0 spiro atoms. The molecule has 0 aliphatic heterocycles. The molecule has 0 aliphatic carbocycles. The zero-order valence-electron chi connectivity index (χ0n) is 11.4. The van der Waals surface area contributed by atoms with Crippen LogP contribution >= 0.6 is 11.6 Å². The quantitative estimate of drug-likeness (QED) is 0.809. The first-order valence-corrected chi connectivity index (χ1v) is 6.85. The summed E-state index contributed by atoms with van der Waals surface area (Å²) in [7, 11) is 0. The van der Waals surface area contributed by atoms with E-state index < -0.39 is 0 Å². The second-order valence-corrected chi connectivity index (χ2v) is 5.17. The summed E-state index contributed by atoms with van der Waals surface area (Å²) in [5, 5.41) is 7.72. The van der Waals surface area contributed by atoms with Gasteiger partial charge in [0.1, 0.15) is 5.82 Å². The van der Waals surface area contributed by atoms with Gasteiger partial charge in [-0.25, -0.2) is 9.50 Å². The van der Waals surface area contributed by atoms with Crippen molar-refractivity contribution in [2.75, 3.05) is 5.32 Å². The van der Waals surface area contributed by atoms with Crippen LogP contribution in [0.25, 0.3) is 5.65 Å². The van der Waals surface area contributed by atoms with Crippen LogP contribution in [-0.4, -0.2) is 20.5 Å². The Hall–Kier alpha value is -2.40. The number of aryl methyl sites for hydroxylation is 1. The molecule has 6 heteroatoms. The van der Waals surface area contributed by atoms with E-state index >= 15 is 0 Å². The van der Waals surface area contributed by atoms with Gasteiger partial charge in [0.2, 0.25) is 5.91 Å². The molecule has 0 bridgehead atoms. The van der Waals surface area contributed by atoms with Crippen molar-refractivity contribution in [3.8, 4) is 0 Å². The van der Waals surface area contributed by atoms with Gasteiger partial charge < -0.3 is 5.32 Å². The number of hydrogen-bond donors (Lipinski definition) is 1. The SMILES string of the molecule is Cc1nc2ccc(NC(=O)Cc3ccc(Cl)cc3)cn2n1. The lowest BCUT2D eigenvalue weighted by molar-refractivity contribution is -0.115. The van der Waals surface area contributed by atoms with Crippen LogP contribution in [0.5, 0.6) is 0 Å². The molecule has 1 aromatic carbocycles. The lowest BCUT2D eigenvalue weighted by Gasteiger charge is -2.05. The topological polar surface area (TPSA) is 59.3 Å². The fourth-order valence-electron chi connectivity index (χ4n) is 2.06. The summed E-state index contributed by atoms with van der Waals surface area (Å²) < 4.78 is 1.65. The van der Waals surface area contributed by atoms with Crippen LogP contribution in [0.1, 0.15) is 11.4 Å². The normalized spacial score (nSPS) is 10.8. The standard InChI is InChI=1S/C15H13ClN4O/c1-10-17-14-7-6-13(9-20(14)19-10)18-15(21)8-11-2-4-12(16)5-3-11/h2-7,9H,8H2,1H3,(H,18,21). The van der Waals surface area contributed by atoms with Gasteiger partial charge in [-0.3, -0.25) is 4.79 Å². The third-order valence-electron chi connectivity index (χ3n) is 3.00. The van der Waals surface area contributed by atoms with Crippen LogP contribution < -0.4 is 5.32 Å². The minimum atomic E-state index is -0.0893. The van der Waals surface area contributed by atoms with Gasteiger partial charge in [-0.15, -0.1) is 0 Å². The maximum Gasteiger partial charge on any atom is 0.228 e. The maximum atomic E-state index is 12.0. The van der Waals surface area contributed by atoms with Crippen LogP contribution in [-0.2, 0) is 11.2 Å². The molecule has 2 aromatic heterocycles. The Kier molecular flexibility index (Phi) is 3.58. The fourth-order valence-corrected chi connectivity index (χ4v) is 2.19. The predicted octanol–water partition coefficient (Wildman–Crippen LogP) is 2.87. The largest absolute Gasteiger partial charge is 0.324 e. The number of benzene rings is 1. The predicted molar refractivity (Wildman–Crippen MR) is 81.5 cm³/mol. The Morgan fingerprint density at radius 3 is 2.76 bits per heavy atom. The number of fused-ring (bicyclic) bond motifs is 1. The van der Waals surface area contributed by atoms with Crippen molar-refractivity contribution >= 4 is 28.8 Å². The number of nitrogens with one attached hydrogen (secondary N) is 1. The Balaban J connectivity index is 1.71. The van der Waals surface area contributed by atoms with Crippen LogP contribution in [0.2, 0.25) is 5.02 Å². The van der Waals surface area contributed by atoms with Gasteiger partial charge in [0.05, 0.1) is 18.3 Å². The summed E-state index contributed by atoms with van der Waals surface area (Å²) in [5.41, 5.74) is 2.35. The molecule has 1 amide bonds. The molecule has 5 nitrogen and oxygen atoms in total. The zero-order valence-corrected chi connectivity index (χ0v) is 12.1. The first-order valence-electron chi connectivity index (χ1n) is 6.47. The zero-order chi connectivity index (χ0) is 14.8. The molecule has 3 aromatic rings. The number of anilines is 1. The third kappa shape index (κ3) is 3.20. The minimum Gasteiger partial charge on any atom is -0.324 e. The molecule has 1 N–H and O–H groups in total. The van der Waals surface area contributed by atoms with Gasteiger partial charge in [0.15, 0.2) is 5.65 Å². The summed E-state index contributed by atoms with van der Waals surface area (Å²) in [6.45, 7) is 1.83. The van der Waals surface area contributed by atoms with Crippen LogP contribution in [0.3, 0.4) is 0 Å². The van der Waals surface area contributed by atoms with Crippen molar-refractivity contribution in [1.29, 1.82) is 0 Å². The van der Waals surface area contributed by atoms with E-state index in [0.717, 1.165) is 11.2 Å². The molecule has 0 atom stereocenters. The van der Waals surface area contributed by atoms with E-state index in [2.05, 4.69) is 15.4 Å². The van der Waals surface area contributed by atoms with Gasteiger partial charge in [-0.1, -0.05) is 23.7 Å². The molecule has 0 unspecified atom stereocenters. The molecule has 0 saturated heterocycles. The average molecular weight is 301 g/mol. The summed E-state index contributed by atoms with van der Waals surface area (Å²) in [6.07, 6.45) is 2.04. The Morgan fingerprint density at radius 1 is 1.24 bits per heavy atom. The number of rotatable bonds is 3. The number of halogens is 1. The van der Waals surface area contributed by atoms with E-state index in [4.69, 9.17) is 11.6 Å². The van der Waals surface area contributed by atoms with Crippen molar-refractivity contribution < 1.29 is 4.79 Å². The van der Waals surface area contributed by atoms with E-state index in [1.54, 1.807) is 22.8 Å². The van der Waals surface area contributed by atoms with Gasteiger partial charge in [-0.2, -0.15) is 5.10 Å². The molecule has 3 rings (SSSR count). The van der Waals surface area contributed by atoms with Crippen molar-refractivity contribution in [3.05, 3.63) is 59.0 Å². The number of carbonyl (C=O) groups is 1. The first-order chi connectivity index (χ1) is 10.1. The van der Waals surface area contributed by atoms with Gasteiger partial charge in [0.25, 0.3) is 0 Å². The van der Waals surface area contributed by atoms with Crippen LogP contribution in [0.15, 0.2) is 42.6 Å². The smallest absolute Gasteiger partial charge is 0.228 e. The van der Waals surface area contributed by atoms with E-state index in [1.165, 1.54) is 0 Å². The highest BCUT2D eigenvalue weighted by Crippen LogP contribution is 2.12. The number of pyridine rings is 1. The Morgan fingerprint density at radius 2 is 2.00 bits per heavy atom. The second kappa shape index (κ2) is 5.54. The minimum absolute atomic E-state index is 0.0893. The number of amides is 1. The number of carbonyl (C=O) groups excluding carboxylic acids is 1. The molecular weight excluding hydrogens is 288 g/mol. The number of nitrogens with zero attached hydrogens (tertiary/aromatic N) is 3. The monoisotopic (exact) mass is 300 g/mol. The van der Waals surface area contributed by atoms with Crippen LogP contribution in [0.4, 0.5) is 5.69 Å². The summed E-state index contributed by atoms with van der Waals surface area (Å²) >= 11 is 5.82. The molecular formula is C15H13ClN4O. The average Bonchev–Trinajstić information content (AvgIpc) is 2.80. The third-order valence-corrected chi connectivity index (χ3v) is 3.25. The lowest BCUT2D eigenvalue weighted by Crippen LogP contribution is -2.14. The number of hydrogen-bond acceptors (Lipinski definition) is 3. The van der Waals surface area contributed by atoms with Crippen molar-refractivity contribution in [2.45, 2.75) is 13.3 Å². The van der Waals surface area contributed by atoms with E-state index in [9.17, 15) is 4.79 Å². The highest BCUT2D eigenvalue weighted by Gasteiger charge is 2.06. The van der Waals surface area contributed by atoms with Gasteiger partial charge >= 0.3 is 0 Å². The summed E-state index contributed by atoms with van der Waals surface area (Å²) in [5.74, 6) is 0.605. The lowest BCUT2D eigenvalue weighted by atomic mass is 10.1. The second-order valence-electron chi connectivity index (χ2n) is 4.73. The summed E-state index contributed by atoms with van der Waals surface area (Å²) in [6, 6.07) is 10.8. The highest BCUT2D eigenvalue weighted by molar-refractivity contribution is 6.30. The molecule has 0 aliphatic rings. The van der Waals surface area contributed by atoms with Gasteiger partial charge in [-0.05, 0) is 36.8 Å². The maximum absolute atomic E-state index is 12.0.